The quantitative estimate of drug-likeness (QED) is 0.878. The average molecular weight is 277 g/mol. The van der Waals surface area contributed by atoms with Gasteiger partial charge < -0.3 is 5.73 Å². The Kier molecular flexibility index (Phi) is 4.31. The summed E-state index contributed by atoms with van der Waals surface area (Å²) in [4.78, 5) is 3.59. The van der Waals surface area contributed by atoms with Gasteiger partial charge in [-0.05, 0) is 6.07 Å². The number of halogens is 3. The molecule has 0 spiro atoms. The predicted molar refractivity (Wildman–Crippen MR) is 65.6 cm³/mol. The Hall–Kier alpha value is -1.28. The minimum absolute atomic E-state index is 0.459. The molecule has 8 heteroatoms. The monoisotopic (exact) mass is 277 g/mol. The Balaban J connectivity index is 1.69. The van der Waals surface area contributed by atoms with E-state index in [9.17, 15) is 13.2 Å². The first-order valence-electron chi connectivity index (χ1n) is 6.23. The van der Waals surface area contributed by atoms with Gasteiger partial charge in [0.2, 0.25) is 0 Å². The van der Waals surface area contributed by atoms with Gasteiger partial charge in [0, 0.05) is 38.9 Å². The molecule has 19 heavy (non-hydrogen) atoms. The van der Waals surface area contributed by atoms with Crippen molar-refractivity contribution in [2.24, 2.45) is 0 Å². The summed E-state index contributed by atoms with van der Waals surface area (Å²) >= 11 is 0. The molecule has 2 heterocycles. The maximum absolute atomic E-state index is 12.2. The van der Waals surface area contributed by atoms with Crippen LogP contribution in [-0.2, 0) is 6.54 Å². The van der Waals surface area contributed by atoms with Crippen molar-refractivity contribution in [1.29, 1.82) is 0 Å². The second-order valence-electron chi connectivity index (χ2n) is 4.74. The van der Waals surface area contributed by atoms with Crippen LogP contribution in [0.15, 0.2) is 12.3 Å². The Morgan fingerprint density at radius 3 is 2.26 bits per heavy atom. The zero-order valence-corrected chi connectivity index (χ0v) is 10.6. The second kappa shape index (κ2) is 5.79. The van der Waals surface area contributed by atoms with E-state index in [0.29, 0.717) is 38.5 Å². The number of aromatic nitrogens is 2. The third kappa shape index (κ3) is 4.71. The number of nitrogens with zero attached hydrogens (tertiary/aromatic N) is 4. The van der Waals surface area contributed by atoms with E-state index in [2.05, 4.69) is 10.00 Å². The van der Waals surface area contributed by atoms with E-state index in [1.807, 2.05) is 0 Å². The van der Waals surface area contributed by atoms with Crippen LogP contribution in [-0.4, -0.2) is 65.0 Å². The molecule has 1 saturated heterocycles. The lowest BCUT2D eigenvalue weighted by molar-refractivity contribution is -0.149. The third-order valence-electron chi connectivity index (χ3n) is 3.17. The van der Waals surface area contributed by atoms with Crippen molar-refractivity contribution in [3.05, 3.63) is 12.3 Å². The van der Waals surface area contributed by atoms with E-state index in [0.717, 1.165) is 6.54 Å². The zero-order chi connectivity index (χ0) is 13.9. The fraction of sp³-hybridized carbons (Fsp3) is 0.727. The van der Waals surface area contributed by atoms with Crippen LogP contribution in [0.1, 0.15) is 0 Å². The molecule has 0 radical (unpaired) electrons. The van der Waals surface area contributed by atoms with Gasteiger partial charge in [-0.1, -0.05) is 0 Å². The number of hydrogen-bond donors (Lipinski definition) is 1. The highest BCUT2D eigenvalue weighted by Gasteiger charge is 2.31. The first kappa shape index (κ1) is 14.1. The van der Waals surface area contributed by atoms with Gasteiger partial charge in [-0.3, -0.25) is 14.5 Å². The minimum Gasteiger partial charge on any atom is -0.382 e. The van der Waals surface area contributed by atoms with E-state index in [4.69, 9.17) is 5.73 Å². The van der Waals surface area contributed by atoms with Crippen molar-refractivity contribution < 1.29 is 13.2 Å². The SMILES string of the molecule is Nc1ccn(CCN2CCN(CC(F)(F)F)CC2)n1. The Labute approximate surface area is 109 Å². The number of piperazine rings is 1. The molecule has 108 valence electrons. The summed E-state index contributed by atoms with van der Waals surface area (Å²) < 4.78 is 38.4. The molecule has 0 amide bonds. The lowest BCUT2D eigenvalue weighted by atomic mass is 10.3. The topological polar surface area (TPSA) is 50.3 Å². The summed E-state index contributed by atoms with van der Waals surface area (Å²) in [6, 6.07) is 1.72. The summed E-state index contributed by atoms with van der Waals surface area (Å²) in [6.07, 6.45) is -2.30. The first-order chi connectivity index (χ1) is 8.92. The molecule has 0 atom stereocenters. The van der Waals surface area contributed by atoms with Gasteiger partial charge in [-0.2, -0.15) is 18.3 Å². The van der Waals surface area contributed by atoms with Crippen molar-refractivity contribution in [2.45, 2.75) is 12.7 Å². The van der Waals surface area contributed by atoms with Crippen LogP contribution in [0.25, 0.3) is 0 Å². The number of alkyl halides is 3. The molecule has 0 bridgehead atoms. The maximum atomic E-state index is 12.2. The molecule has 0 unspecified atom stereocenters. The molecule has 5 nitrogen and oxygen atoms in total. The maximum Gasteiger partial charge on any atom is 0.401 e. The van der Waals surface area contributed by atoms with Crippen LogP contribution in [0.3, 0.4) is 0 Å². The third-order valence-corrected chi connectivity index (χ3v) is 3.17. The van der Waals surface area contributed by atoms with Crippen LogP contribution < -0.4 is 5.73 Å². The Bertz CT molecular complexity index is 395. The van der Waals surface area contributed by atoms with E-state index < -0.39 is 12.7 Å². The van der Waals surface area contributed by atoms with Gasteiger partial charge in [-0.15, -0.1) is 0 Å². The van der Waals surface area contributed by atoms with Crippen LogP contribution in [0, 0.1) is 0 Å². The number of hydrogen-bond acceptors (Lipinski definition) is 4. The van der Waals surface area contributed by atoms with Gasteiger partial charge in [0.15, 0.2) is 0 Å². The molecular weight excluding hydrogens is 259 g/mol. The lowest BCUT2D eigenvalue weighted by Gasteiger charge is -2.34. The fourth-order valence-corrected chi connectivity index (χ4v) is 2.17. The largest absolute Gasteiger partial charge is 0.401 e. The van der Waals surface area contributed by atoms with Gasteiger partial charge >= 0.3 is 6.18 Å². The van der Waals surface area contributed by atoms with Crippen molar-refractivity contribution in [1.82, 2.24) is 19.6 Å². The molecule has 2 rings (SSSR count). The van der Waals surface area contributed by atoms with Gasteiger partial charge in [0.1, 0.15) is 5.82 Å². The van der Waals surface area contributed by atoms with Crippen LogP contribution in [0.5, 0.6) is 0 Å². The van der Waals surface area contributed by atoms with Crippen molar-refractivity contribution in [2.75, 3.05) is 45.0 Å². The van der Waals surface area contributed by atoms with Crippen molar-refractivity contribution >= 4 is 5.82 Å². The molecule has 1 aliphatic heterocycles. The van der Waals surface area contributed by atoms with Crippen molar-refractivity contribution in [3.8, 4) is 0 Å². The Morgan fingerprint density at radius 2 is 1.74 bits per heavy atom. The summed E-state index contributed by atoms with van der Waals surface area (Å²) in [5.74, 6) is 0.481. The highest BCUT2D eigenvalue weighted by atomic mass is 19.4. The highest BCUT2D eigenvalue weighted by molar-refractivity contribution is 5.23. The molecule has 0 aliphatic carbocycles. The molecule has 1 aromatic rings. The van der Waals surface area contributed by atoms with Crippen LogP contribution in [0.4, 0.5) is 19.0 Å². The van der Waals surface area contributed by atoms with Crippen LogP contribution >= 0.6 is 0 Å². The predicted octanol–water partition coefficient (Wildman–Crippen LogP) is 0.645. The van der Waals surface area contributed by atoms with E-state index >= 15 is 0 Å². The standard InChI is InChI=1S/C11H18F3N5/c12-11(13,14)9-18-5-3-17(4-6-18)7-8-19-2-1-10(15)16-19/h1-2H,3-9H2,(H2,15,16). The Morgan fingerprint density at radius 1 is 1.11 bits per heavy atom. The van der Waals surface area contributed by atoms with Gasteiger partial charge in [-0.25, -0.2) is 0 Å². The number of nitrogen functional groups attached to an aromatic ring is 1. The summed E-state index contributed by atoms with van der Waals surface area (Å²) in [5, 5.41) is 4.07. The number of nitrogens with two attached hydrogens (primary N) is 1. The molecule has 0 aromatic carbocycles. The number of rotatable bonds is 4. The first-order valence-corrected chi connectivity index (χ1v) is 6.23. The zero-order valence-electron chi connectivity index (χ0n) is 10.6. The van der Waals surface area contributed by atoms with E-state index in [1.165, 1.54) is 4.90 Å². The molecule has 2 N–H and O–H groups in total. The molecular formula is C11H18F3N5. The molecule has 1 aromatic heterocycles. The van der Waals surface area contributed by atoms with Crippen LogP contribution in [0.2, 0.25) is 0 Å². The highest BCUT2D eigenvalue weighted by Crippen LogP contribution is 2.17. The summed E-state index contributed by atoms with van der Waals surface area (Å²) in [7, 11) is 0. The molecule has 0 saturated carbocycles. The smallest absolute Gasteiger partial charge is 0.382 e. The van der Waals surface area contributed by atoms with Crippen molar-refractivity contribution in [3.63, 3.8) is 0 Å². The lowest BCUT2D eigenvalue weighted by Crippen LogP contribution is -2.49. The van der Waals surface area contributed by atoms with E-state index in [1.54, 1.807) is 16.9 Å². The summed E-state index contributed by atoms with van der Waals surface area (Å²) in [6.45, 7) is 2.91. The second-order valence-corrected chi connectivity index (χ2v) is 4.74. The van der Waals surface area contributed by atoms with Gasteiger partial charge in [0.05, 0.1) is 13.1 Å². The average Bonchev–Trinajstić information content (AvgIpc) is 2.72. The molecule has 1 aliphatic rings. The normalized spacial score (nSPS) is 18.9. The minimum atomic E-state index is -4.10. The molecule has 1 fully saturated rings. The van der Waals surface area contributed by atoms with Gasteiger partial charge in [0.25, 0.3) is 0 Å². The number of anilines is 1. The van der Waals surface area contributed by atoms with E-state index in [-0.39, 0.29) is 0 Å². The summed E-state index contributed by atoms with van der Waals surface area (Å²) in [5.41, 5.74) is 5.51. The fourth-order valence-electron chi connectivity index (χ4n) is 2.17.